The first-order chi connectivity index (χ1) is 5.72. The van der Waals surface area contributed by atoms with E-state index in [4.69, 9.17) is 4.74 Å². The van der Waals surface area contributed by atoms with Crippen molar-refractivity contribution in [1.82, 2.24) is 5.32 Å². The summed E-state index contributed by atoms with van der Waals surface area (Å²) < 4.78 is 5.22. The van der Waals surface area contributed by atoms with Gasteiger partial charge in [-0.2, -0.15) is 0 Å². The summed E-state index contributed by atoms with van der Waals surface area (Å²) in [5.41, 5.74) is -0.198. The van der Waals surface area contributed by atoms with Crippen LogP contribution in [0.3, 0.4) is 0 Å². The lowest BCUT2D eigenvalue weighted by Crippen LogP contribution is -2.56. The van der Waals surface area contributed by atoms with Gasteiger partial charge in [-0.05, 0) is 13.0 Å². The molecule has 1 fully saturated rings. The van der Waals surface area contributed by atoms with Gasteiger partial charge in [-0.1, -0.05) is 0 Å². The van der Waals surface area contributed by atoms with Gasteiger partial charge in [0.1, 0.15) is 0 Å². The molecule has 2 heterocycles. The molecule has 2 rings (SSSR count). The summed E-state index contributed by atoms with van der Waals surface area (Å²) >= 11 is 0. The Morgan fingerprint density at radius 2 is 2.42 bits per heavy atom. The number of hydrogen-bond acceptors (Lipinski definition) is 3. The summed E-state index contributed by atoms with van der Waals surface area (Å²) in [6.45, 7) is 4.22. The molecule has 0 unspecified atom stereocenters. The van der Waals surface area contributed by atoms with Gasteiger partial charge in [-0.3, -0.25) is 4.79 Å². The van der Waals surface area contributed by atoms with Gasteiger partial charge in [-0.15, -0.1) is 0 Å². The van der Waals surface area contributed by atoms with Crippen molar-refractivity contribution < 1.29 is 9.53 Å². The third-order valence-corrected chi connectivity index (χ3v) is 2.51. The second kappa shape index (κ2) is 2.59. The molecule has 0 radical (unpaired) electrons. The van der Waals surface area contributed by atoms with Crippen LogP contribution in [0.5, 0.6) is 0 Å². The van der Waals surface area contributed by atoms with Gasteiger partial charge in [-0.25, -0.2) is 0 Å². The molecule has 2 aliphatic rings. The summed E-state index contributed by atoms with van der Waals surface area (Å²) in [7, 11) is 0. The van der Waals surface area contributed by atoms with Crippen LogP contribution in [0.2, 0.25) is 0 Å². The Hall–Kier alpha value is -0.830. The predicted octanol–water partition coefficient (Wildman–Crippen LogP) is 0.469. The van der Waals surface area contributed by atoms with E-state index in [-0.39, 0.29) is 11.2 Å². The standard InChI is InChI=1S/C9H13NO2/c1-9(5-10-6-9)8(11)7-3-2-4-12-7/h3,10H,2,4-6H2,1H3. The molecule has 0 aromatic heterocycles. The summed E-state index contributed by atoms with van der Waals surface area (Å²) in [5.74, 6) is 0.748. The zero-order chi connectivity index (χ0) is 8.60. The molecule has 0 aromatic rings. The van der Waals surface area contributed by atoms with Crippen molar-refractivity contribution in [1.29, 1.82) is 0 Å². The lowest BCUT2D eigenvalue weighted by atomic mass is 9.79. The molecule has 0 amide bonds. The molecule has 12 heavy (non-hydrogen) atoms. The number of hydrogen-bond donors (Lipinski definition) is 1. The van der Waals surface area contributed by atoms with Crippen molar-refractivity contribution in [2.24, 2.45) is 5.41 Å². The van der Waals surface area contributed by atoms with Crippen LogP contribution in [0.15, 0.2) is 11.8 Å². The van der Waals surface area contributed by atoms with E-state index in [1.807, 2.05) is 13.0 Å². The first-order valence-electron chi connectivity index (χ1n) is 4.31. The van der Waals surface area contributed by atoms with Gasteiger partial charge < -0.3 is 10.1 Å². The highest BCUT2D eigenvalue weighted by molar-refractivity contribution is 5.99. The topological polar surface area (TPSA) is 38.3 Å². The number of nitrogens with one attached hydrogen (secondary N) is 1. The average Bonchev–Trinajstić information content (AvgIpc) is 2.50. The summed E-state index contributed by atoms with van der Waals surface area (Å²) in [4.78, 5) is 11.7. The Labute approximate surface area is 71.8 Å². The third-order valence-electron chi connectivity index (χ3n) is 2.51. The number of ether oxygens (including phenoxy) is 1. The van der Waals surface area contributed by atoms with Crippen LogP contribution in [0.4, 0.5) is 0 Å². The Bertz CT molecular complexity index is 241. The molecular weight excluding hydrogens is 154 g/mol. The monoisotopic (exact) mass is 167 g/mol. The largest absolute Gasteiger partial charge is 0.490 e. The van der Waals surface area contributed by atoms with Gasteiger partial charge in [0.05, 0.1) is 12.0 Å². The lowest BCUT2D eigenvalue weighted by molar-refractivity contribution is -0.129. The molecule has 0 atom stereocenters. The average molecular weight is 167 g/mol. The molecule has 1 saturated heterocycles. The fraction of sp³-hybridized carbons (Fsp3) is 0.667. The van der Waals surface area contributed by atoms with Gasteiger partial charge >= 0.3 is 0 Å². The van der Waals surface area contributed by atoms with Crippen molar-refractivity contribution in [3.63, 3.8) is 0 Å². The molecule has 3 heteroatoms. The fourth-order valence-corrected chi connectivity index (χ4v) is 1.53. The number of carbonyl (C=O) groups excluding carboxylic acids is 1. The Balaban J connectivity index is 2.08. The smallest absolute Gasteiger partial charge is 0.205 e. The van der Waals surface area contributed by atoms with Crippen molar-refractivity contribution in [2.75, 3.05) is 19.7 Å². The Morgan fingerprint density at radius 1 is 1.67 bits per heavy atom. The first kappa shape index (κ1) is 7.80. The molecule has 3 nitrogen and oxygen atoms in total. The van der Waals surface area contributed by atoms with E-state index >= 15 is 0 Å². The second-order valence-corrected chi connectivity index (χ2v) is 3.70. The van der Waals surface area contributed by atoms with E-state index in [0.29, 0.717) is 12.4 Å². The summed E-state index contributed by atoms with van der Waals surface area (Å²) in [5, 5.41) is 3.10. The molecule has 0 aromatic carbocycles. The van der Waals surface area contributed by atoms with Crippen LogP contribution < -0.4 is 5.32 Å². The molecule has 0 spiro atoms. The highest BCUT2D eigenvalue weighted by Crippen LogP contribution is 2.28. The van der Waals surface area contributed by atoms with Gasteiger partial charge in [0.25, 0.3) is 0 Å². The Morgan fingerprint density at radius 3 is 2.83 bits per heavy atom. The van der Waals surface area contributed by atoms with Crippen LogP contribution in [0, 0.1) is 5.41 Å². The van der Waals surface area contributed by atoms with E-state index in [9.17, 15) is 4.79 Å². The molecule has 1 N–H and O–H groups in total. The number of Topliss-reactive ketones (excluding diaryl/α,β-unsaturated/α-hetero) is 1. The first-order valence-corrected chi connectivity index (χ1v) is 4.31. The minimum atomic E-state index is -0.198. The maximum atomic E-state index is 11.7. The zero-order valence-corrected chi connectivity index (χ0v) is 7.22. The maximum Gasteiger partial charge on any atom is 0.205 e. The number of allylic oxidation sites excluding steroid dienone is 1. The predicted molar refractivity (Wildman–Crippen MR) is 44.6 cm³/mol. The van der Waals surface area contributed by atoms with Gasteiger partial charge in [0.15, 0.2) is 5.76 Å². The van der Waals surface area contributed by atoms with E-state index in [0.717, 1.165) is 19.5 Å². The fourth-order valence-electron chi connectivity index (χ4n) is 1.53. The van der Waals surface area contributed by atoms with Crippen molar-refractivity contribution in [3.8, 4) is 0 Å². The normalized spacial score (nSPS) is 25.6. The van der Waals surface area contributed by atoms with Crippen LogP contribution >= 0.6 is 0 Å². The minimum absolute atomic E-state index is 0.166. The summed E-state index contributed by atoms with van der Waals surface area (Å²) in [6, 6.07) is 0. The lowest BCUT2D eigenvalue weighted by Gasteiger charge is -2.37. The van der Waals surface area contributed by atoms with Crippen molar-refractivity contribution >= 4 is 5.78 Å². The van der Waals surface area contributed by atoms with Gasteiger partial charge in [0, 0.05) is 19.5 Å². The molecule has 0 bridgehead atoms. The van der Waals surface area contributed by atoms with Gasteiger partial charge in [0.2, 0.25) is 5.78 Å². The van der Waals surface area contributed by atoms with Crippen LogP contribution in [-0.2, 0) is 9.53 Å². The second-order valence-electron chi connectivity index (χ2n) is 3.70. The zero-order valence-electron chi connectivity index (χ0n) is 7.22. The molecule has 0 aliphatic carbocycles. The van der Waals surface area contributed by atoms with E-state index in [2.05, 4.69) is 5.32 Å². The molecule has 0 saturated carbocycles. The highest BCUT2D eigenvalue weighted by Gasteiger charge is 2.41. The molecular formula is C9H13NO2. The van der Waals surface area contributed by atoms with Crippen LogP contribution in [0.25, 0.3) is 0 Å². The number of rotatable bonds is 2. The quantitative estimate of drug-likeness (QED) is 0.649. The SMILES string of the molecule is CC1(C(=O)C2=CCCO2)CNC1. The number of ketones is 1. The summed E-state index contributed by atoms with van der Waals surface area (Å²) in [6.07, 6.45) is 2.77. The molecule has 66 valence electrons. The van der Waals surface area contributed by atoms with E-state index in [1.165, 1.54) is 0 Å². The van der Waals surface area contributed by atoms with E-state index < -0.39 is 0 Å². The highest BCUT2D eigenvalue weighted by atomic mass is 16.5. The molecule has 2 aliphatic heterocycles. The van der Waals surface area contributed by atoms with Crippen LogP contribution in [0.1, 0.15) is 13.3 Å². The maximum absolute atomic E-state index is 11.7. The van der Waals surface area contributed by atoms with Crippen LogP contribution in [-0.4, -0.2) is 25.5 Å². The third kappa shape index (κ3) is 1.05. The minimum Gasteiger partial charge on any atom is -0.490 e. The van der Waals surface area contributed by atoms with Crippen molar-refractivity contribution in [2.45, 2.75) is 13.3 Å². The Kier molecular flexibility index (Phi) is 1.68. The van der Waals surface area contributed by atoms with Crippen molar-refractivity contribution in [3.05, 3.63) is 11.8 Å². The van der Waals surface area contributed by atoms with E-state index in [1.54, 1.807) is 0 Å². The number of carbonyl (C=O) groups is 1.